The van der Waals surface area contributed by atoms with Gasteiger partial charge in [-0.25, -0.2) is 9.79 Å². The van der Waals surface area contributed by atoms with E-state index in [0.29, 0.717) is 21.5 Å². The van der Waals surface area contributed by atoms with E-state index in [1.807, 2.05) is 13.8 Å². The van der Waals surface area contributed by atoms with Crippen molar-refractivity contribution in [3.8, 4) is 5.75 Å². The van der Waals surface area contributed by atoms with Gasteiger partial charge in [0.05, 0.1) is 23.2 Å². The fraction of sp³-hybridized carbons (Fsp3) is 0.364. The van der Waals surface area contributed by atoms with Crippen LogP contribution in [0.15, 0.2) is 15.5 Å². The van der Waals surface area contributed by atoms with Gasteiger partial charge in [-0.05, 0) is 51.3 Å². The van der Waals surface area contributed by atoms with Crippen molar-refractivity contribution in [2.24, 2.45) is 4.99 Å². The third-order valence-electron chi connectivity index (χ3n) is 5.57. The number of nitro benzene ring substituents is 1. The van der Waals surface area contributed by atoms with E-state index in [9.17, 15) is 20.0 Å². The smallest absolute Gasteiger partial charge is 0.341 e. The lowest BCUT2D eigenvalue weighted by molar-refractivity contribution is -0.398. The van der Waals surface area contributed by atoms with Crippen LogP contribution < -0.4 is 5.11 Å². The number of furan rings is 1. The highest BCUT2D eigenvalue weighted by atomic mass is 32.1. The average molecular weight is 441 g/mol. The van der Waals surface area contributed by atoms with Gasteiger partial charge in [-0.3, -0.25) is 10.1 Å². The van der Waals surface area contributed by atoms with E-state index in [1.165, 1.54) is 23.6 Å². The van der Waals surface area contributed by atoms with Crippen LogP contribution in [0.3, 0.4) is 0 Å². The number of ether oxygens (including phenoxy) is 1. The number of hydrogen-bond acceptors (Lipinski definition) is 8. The molecule has 0 amide bonds. The molecular weight excluding hydrogens is 420 g/mol. The number of hydrogen-bond donors (Lipinski definition) is 0. The summed E-state index contributed by atoms with van der Waals surface area (Å²) < 4.78 is 11.0. The van der Waals surface area contributed by atoms with Crippen LogP contribution >= 0.6 is 11.3 Å². The molecule has 4 rings (SSSR count). The number of fused-ring (bicyclic) bond motifs is 3. The number of nitro groups is 1. The van der Waals surface area contributed by atoms with Gasteiger partial charge in [0.25, 0.3) is 5.69 Å². The molecule has 1 aliphatic carbocycles. The number of aliphatic imine (C=N–C) groups is 1. The summed E-state index contributed by atoms with van der Waals surface area (Å²) in [5.41, 5.74) is 1.92. The van der Waals surface area contributed by atoms with Crippen molar-refractivity contribution in [3.63, 3.8) is 0 Å². The molecule has 0 fully saturated rings. The van der Waals surface area contributed by atoms with Crippen molar-refractivity contribution in [1.29, 1.82) is 0 Å². The Morgan fingerprint density at radius 1 is 1.35 bits per heavy atom. The number of rotatable bonds is 5. The van der Waals surface area contributed by atoms with E-state index in [2.05, 4.69) is 4.99 Å². The van der Waals surface area contributed by atoms with Gasteiger partial charge in [0.15, 0.2) is 0 Å². The van der Waals surface area contributed by atoms with Crippen molar-refractivity contribution in [2.75, 3.05) is 6.61 Å². The Bertz CT molecular complexity index is 1240. The van der Waals surface area contributed by atoms with Crippen molar-refractivity contribution < 1.29 is 24.0 Å². The number of thiophene rings is 1. The minimum Gasteiger partial charge on any atom is -0.867 e. The summed E-state index contributed by atoms with van der Waals surface area (Å²) in [7, 11) is 0. The first-order chi connectivity index (χ1) is 14.8. The molecule has 2 heterocycles. The second-order valence-corrected chi connectivity index (χ2v) is 8.62. The lowest BCUT2D eigenvalue weighted by atomic mass is 9.93. The molecule has 8 nitrogen and oxygen atoms in total. The Morgan fingerprint density at radius 2 is 2.10 bits per heavy atom. The number of carbonyl (C=O) groups is 1. The summed E-state index contributed by atoms with van der Waals surface area (Å²) in [6.45, 7) is 5.64. The Balaban J connectivity index is 1.91. The highest BCUT2D eigenvalue weighted by Gasteiger charge is 2.25. The van der Waals surface area contributed by atoms with Crippen LogP contribution in [0.4, 0.5) is 10.7 Å². The van der Waals surface area contributed by atoms with Gasteiger partial charge >= 0.3 is 5.97 Å². The van der Waals surface area contributed by atoms with E-state index >= 15 is 0 Å². The van der Waals surface area contributed by atoms with E-state index < -0.39 is 22.3 Å². The minimum absolute atomic E-state index is 0.120. The lowest BCUT2D eigenvalue weighted by Gasteiger charge is -2.14. The summed E-state index contributed by atoms with van der Waals surface area (Å²) >= 11 is 1.31. The van der Waals surface area contributed by atoms with Gasteiger partial charge in [-0.2, -0.15) is 0 Å². The highest BCUT2D eigenvalue weighted by Crippen LogP contribution is 2.41. The standard InChI is InChI=1S/C22H22N2O6S/c1-4-29-22(26)18-11(2)12(3)31-21(18)23-10-14-19-13-7-5-6-8-16(13)30-17(19)9-15(20(14)25)24(27)28/h9-10,25H,4-8H2,1-3H3/p-1. The van der Waals surface area contributed by atoms with E-state index in [-0.39, 0.29) is 12.2 Å². The second kappa shape index (κ2) is 8.14. The van der Waals surface area contributed by atoms with Crippen LogP contribution in [-0.4, -0.2) is 23.7 Å². The Labute approximate surface area is 182 Å². The van der Waals surface area contributed by atoms with Crippen molar-refractivity contribution in [1.82, 2.24) is 0 Å². The second-order valence-electron chi connectivity index (χ2n) is 7.42. The lowest BCUT2D eigenvalue weighted by Crippen LogP contribution is -2.06. The molecule has 2 aromatic heterocycles. The molecule has 1 aromatic carbocycles. The Morgan fingerprint density at radius 3 is 2.81 bits per heavy atom. The molecule has 1 aliphatic rings. The Hall–Kier alpha value is -3.20. The Kier molecular flexibility index (Phi) is 5.53. The van der Waals surface area contributed by atoms with Crippen molar-refractivity contribution in [2.45, 2.75) is 46.5 Å². The zero-order valence-electron chi connectivity index (χ0n) is 17.4. The van der Waals surface area contributed by atoms with Gasteiger partial charge in [-0.1, -0.05) is 0 Å². The van der Waals surface area contributed by atoms with Crippen LogP contribution in [0.25, 0.3) is 11.0 Å². The van der Waals surface area contributed by atoms with E-state index in [1.54, 1.807) is 6.92 Å². The van der Waals surface area contributed by atoms with Gasteiger partial charge in [0, 0.05) is 34.0 Å². The summed E-state index contributed by atoms with van der Waals surface area (Å²) in [5, 5.41) is 25.4. The van der Waals surface area contributed by atoms with Gasteiger partial charge in [0.1, 0.15) is 16.3 Å². The van der Waals surface area contributed by atoms with Crippen LogP contribution in [-0.2, 0) is 17.6 Å². The zero-order chi connectivity index (χ0) is 22.3. The summed E-state index contributed by atoms with van der Waals surface area (Å²) in [4.78, 5) is 28.5. The van der Waals surface area contributed by atoms with Crippen LogP contribution in [0.5, 0.6) is 5.75 Å². The molecule has 0 saturated heterocycles. The summed E-state index contributed by atoms with van der Waals surface area (Å²) in [5.74, 6) is -0.423. The number of carbonyl (C=O) groups excluding carboxylic acids is 1. The molecule has 0 atom stereocenters. The maximum Gasteiger partial charge on any atom is 0.341 e. The fourth-order valence-electron chi connectivity index (χ4n) is 3.95. The quantitative estimate of drug-likeness (QED) is 0.240. The monoisotopic (exact) mass is 441 g/mol. The molecule has 0 saturated carbocycles. The first-order valence-electron chi connectivity index (χ1n) is 10.1. The zero-order valence-corrected chi connectivity index (χ0v) is 18.3. The van der Waals surface area contributed by atoms with Crippen LogP contribution in [0, 0.1) is 24.0 Å². The maximum atomic E-state index is 13.0. The number of benzene rings is 1. The molecule has 0 bridgehead atoms. The molecule has 31 heavy (non-hydrogen) atoms. The first kappa shape index (κ1) is 21.0. The van der Waals surface area contributed by atoms with Gasteiger partial charge < -0.3 is 14.3 Å². The summed E-state index contributed by atoms with van der Waals surface area (Å²) in [6.07, 6.45) is 4.74. The first-order valence-corrected chi connectivity index (χ1v) is 10.9. The summed E-state index contributed by atoms with van der Waals surface area (Å²) in [6, 6.07) is 1.21. The van der Waals surface area contributed by atoms with Crippen molar-refractivity contribution in [3.05, 3.63) is 49.1 Å². The molecule has 9 heteroatoms. The minimum atomic E-state index is -0.710. The topological polar surface area (TPSA) is 118 Å². The van der Waals surface area contributed by atoms with E-state index in [4.69, 9.17) is 9.15 Å². The number of esters is 1. The normalized spacial score (nSPS) is 13.6. The third-order valence-corrected chi connectivity index (χ3v) is 6.68. The molecule has 0 aliphatic heterocycles. The van der Waals surface area contributed by atoms with Gasteiger partial charge in [-0.15, -0.1) is 11.3 Å². The van der Waals surface area contributed by atoms with Crippen molar-refractivity contribution >= 4 is 45.2 Å². The maximum absolute atomic E-state index is 13.0. The molecule has 0 unspecified atom stereocenters. The molecule has 0 N–H and O–H groups in total. The fourth-order valence-corrected chi connectivity index (χ4v) is 4.94. The predicted molar refractivity (Wildman–Crippen MR) is 116 cm³/mol. The molecule has 0 spiro atoms. The molecule has 162 valence electrons. The predicted octanol–water partition coefficient (Wildman–Crippen LogP) is 4.90. The number of aryl methyl sites for hydroxylation is 3. The van der Waals surface area contributed by atoms with Crippen LogP contribution in [0.2, 0.25) is 0 Å². The third kappa shape index (κ3) is 3.59. The average Bonchev–Trinajstić information content (AvgIpc) is 3.24. The molecule has 0 radical (unpaired) electrons. The van der Waals surface area contributed by atoms with E-state index in [0.717, 1.165) is 47.4 Å². The molecule has 3 aromatic rings. The number of nitrogens with zero attached hydrogens (tertiary/aromatic N) is 2. The largest absolute Gasteiger partial charge is 0.867 e. The SMILES string of the molecule is CCOC(=O)c1c(N=Cc2c([O-])c([N+](=O)[O-])cc3oc4c(c23)CCCC4)sc(C)c1C. The van der Waals surface area contributed by atoms with Crippen LogP contribution in [0.1, 0.15) is 57.5 Å². The van der Waals surface area contributed by atoms with Gasteiger partial charge in [0.2, 0.25) is 0 Å². The highest BCUT2D eigenvalue weighted by molar-refractivity contribution is 7.16. The molecular formula is C22H21N2O6S-.